The number of nitrogens with one attached hydrogen (secondary N) is 1. The Hall–Kier alpha value is -1.66. The van der Waals surface area contributed by atoms with Crippen molar-refractivity contribution in [3.8, 4) is 0 Å². The number of rotatable bonds is 4. The monoisotopic (exact) mass is 353 g/mol. The van der Waals surface area contributed by atoms with Gasteiger partial charge >= 0.3 is 0 Å². The van der Waals surface area contributed by atoms with Crippen LogP contribution in [0.3, 0.4) is 0 Å². The Bertz CT molecular complexity index is 614. The van der Waals surface area contributed by atoms with Crippen LogP contribution in [-0.2, 0) is 16.1 Å². The lowest BCUT2D eigenvalue weighted by atomic mass is 10.1. The molecule has 2 aliphatic rings. The number of carbonyl (C=O) groups is 2. The number of piperazine rings is 1. The van der Waals surface area contributed by atoms with Crippen molar-refractivity contribution < 1.29 is 14.0 Å². The summed E-state index contributed by atoms with van der Waals surface area (Å²) < 4.78 is 14.1. The van der Waals surface area contributed by atoms with E-state index in [1.165, 1.54) is 6.07 Å². The third-order valence-corrected chi connectivity index (χ3v) is 5.05. The van der Waals surface area contributed by atoms with E-state index in [4.69, 9.17) is 11.6 Å². The zero-order valence-corrected chi connectivity index (χ0v) is 14.2. The first-order chi connectivity index (χ1) is 11.6. The van der Waals surface area contributed by atoms with Crippen LogP contribution in [0.1, 0.15) is 24.8 Å². The van der Waals surface area contributed by atoms with E-state index in [0.29, 0.717) is 23.7 Å². The number of amides is 2. The molecule has 2 heterocycles. The number of nitrogens with zero attached hydrogens (tertiary/aromatic N) is 2. The van der Waals surface area contributed by atoms with Gasteiger partial charge in [-0.05, 0) is 25.0 Å². The van der Waals surface area contributed by atoms with Gasteiger partial charge in [0.2, 0.25) is 11.8 Å². The zero-order chi connectivity index (χ0) is 17.1. The maximum atomic E-state index is 14.1. The van der Waals surface area contributed by atoms with Gasteiger partial charge in [-0.25, -0.2) is 4.39 Å². The van der Waals surface area contributed by atoms with E-state index in [1.807, 2.05) is 4.90 Å². The zero-order valence-electron chi connectivity index (χ0n) is 13.4. The fraction of sp³-hybridized carbons (Fsp3) is 0.529. The van der Waals surface area contributed by atoms with Gasteiger partial charge in [0.1, 0.15) is 5.82 Å². The van der Waals surface area contributed by atoms with Crippen molar-refractivity contribution in [1.82, 2.24) is 15.1 Å². The van der Waals surface area contributed by atoms with Crippen LogP contribution in [0.15, 0.2) is 18.2 Å². The average Bonchev–Trinajstić information content (AvgIpc) is 3.08. The van der Waals surface area contributed by atoms with Gasteiger partial charge in [0.15, 0.2) is 0 Å². The smallest absolute Gasteiger partial charge is 0.237 e. The van der Waals surface area contributed by atoms with E-state index >= 15 is 0 Å². The predicted molar refractivity (Wildman–Crippen MR) is 89.0 cm³/mol. The molecule has 1 aromatic rings. The summed E-state index contributed by atoms with van der Waals surface area (Å²) in [6, 6.07) is 3.96. The number of halogens is 2. The van der Waals surface area contributed by atoms with Crippen LogP contribution < -0.4 is 5.32 Å². The van der Waals surface area contributed by atoms with Crippen molar-refractivity contribution in [2.45, 2.75) is 31.8 Å². The first kappa shape index (κ1) is 17.2. The molecule has 2 saturated heterocycles. The summed E-state index contributed by atoms with van der Waals surface area (Å²) in [5.41, 5.74) is 0.368. The maximum absolute atomic E-state index is 14.1. The van der Waals surface area contributed by atoms with Crippen molar-refractivity contribution in [1.29, 1.82) is 0 Å². The molecule has 24 heavy (non-hydrogen) atoms. The second-order valence-electron chi connectivity index (χ2n) is 6.27. The van der Waals surface area contributed by atoms with Crippen LogP contribution >= 0.6 is 11.6 Å². The van der Waals surface area contributed by atoms with Gasteiger partial charge in [0.05, 0.1) is 12.5 Å². The lowest BCUT2D eigenvalue weighted by Crippen LogP contribution is -2.56. The molecule has 5 nitrogen and oxygen atoms in total. The van der Waals surface area contributed by atoms with E-state index < -0.39 is 11.9 Å². The molecule has 7 heteroatoms. The summed E-state index contributed by atoms with van der Waals surface area (Å²) in [7, 11) is 0. The van der Waals surface area contributed by atoms with E-state index in [9.17, 15) is 14.0 Å². The summed E-state index contributed by atoms with van der Waals surface area (Å²) in [6.45, 7) is 2.78. The quantitative estimate of drug-likeness (QED) is 0.898. The van der Waals surface area contributed by atoms with Crippen molar-refractivity contribution in [3.63, 3.8) is 0 Å². The molecule has 0 aromatic heterocycles. The van der Waals surface area contributed by atoms with Crippen molar-refractivity contribution in [2.75, 3.05) is 26.2 Å². The Kier molecular flexibility index (Phi) is 5.36. The molecule has 2 amide bonds. The SMILES string of the molecule is O=C1NCCN(Cc2c(F)cccc2Cl)C1CC(=O)N1CCCC1. The summed E-state index contributed by atoms with van der Waals surface area (Å²) in [5, 5.41) is 3.13. The van der Waals surface area contributed by atoms with E-state index in [2.05, 4.69) is 5.32 Å². The minimum atomic E-state index is -0.581. The molecule has 1 aromatic carbocycles. The first-order valence-corrected chi connectivity index (χ1v) is 8.66. The summed E-state index contributed by atoms with van der Waals surface area (Å²) in [5.74, 6) is -0.585. The summed E-state index contributed by atoms with van der Waals surface area (Å²) in [4.78, 5) is 28.3. The largest absolute Gasteiger partial charge is 0.353 e. The molecule has 1 atom stereocenters. The van der Waals surface area contributed by atoms with Gasteiger partial charge in [-0.15, -0.1) is 0 Å². The minimum absolute atomic E-state index is 0.0146. The molecule has 0 spiro atoms. The summed E-state index contributed by atoms with van der Waals surface area (Å²) in [6.07, 6.45) is 2.15. The third-order valence-electron chi connectivity index (χ3n) is 4.69. The Morgan fingerprint density at radius 1 is 1.29 bits per heavy atom. The lowest BCUT2D eigenvalue weighted by Gasteiger charge is -2.35. The Morgan fingerprint density at radius 2 is 2.04 bits per heavy atom. The number of benzene rings is 1. The molecule has 130 valence electrons. The van der Waals surface area contributed by atoms with Gasteiger partial charge < -0.3 is 10.2 Å². The topological polar surface area (TPSA) is 52.7 Å². The van der Waals surface area contributed by atoms with Crippen LogP contribution in [0.2, 0.25) is 5.02 Å². The molecule has 1 N–H and O–H groups in total. The van der Waals surface area contributed by atoms with Crippen LogP contribution in [0.25, 0.3) is 0 Å². The second-order valence-corrected chi connectivity index (χ2v) is 6.68. The number of hydrogen-bond donors (Lipinski definition) is 1. The highest BCUT2D eigenvalue weighted by Gasteiger charge is 2.34. The molecule has 2 fully saturated rings. The second kappa shape index (κ2) is 7.49. The maximum Gasteiger partial charge on any atom is 0.237 e. The molecule has 0 saturated carbocycles. The molecule has 0 aliphatic carbocycles. The standard InChI is InChI=1S/C17H21ClFN3O2/c18-13-4-3-5-14(19)12(13)11-22-9-6-20-17(24)15(22)10-16(23)21-7-1-2-8-21/h3-5,15H,1-2,6-11H2,(H,20,24). The van der Waals surface area contributed by atoms with Gasteiger partial charge in [0.25, 0.3) is 0 Å². The Morgan fingerprint density at radius 3 is 2.75 bits per heavy atom. The van der Waals surface area contributed by atoms with Gasteiger partial charge in [0, 0.05) is 43.3 Å². The highest BCUT2D eigenvalue weighted by Crippen LogP contribution is 2.23. The van der Waals surface area contributed by atoms with Crippen molar-refractivity contribution >= 4 is 23.4 Å². The number of carbonyl (C=O) groups excluding carboxylic acids is 2. The fourth-order valence-electron chi connectivity index (χ4n) is 3.32. The first-order valence-electron chi connectivity index (χ1n) is 8.28. The molecule has 0 bridgehead atoms. The van der Waals surface area contributed by atoms with E-state index in [-0.39, 0.29) is 24.8 Å². The molecule has 1 unspecified atom stereocenters. The Labute approximate surface area is 145 Å². The molecule has 2 aliphatic heterocycles. The van der Waals surface area contributed by atoms with E-state index in [0.717, 1.165) is 25.9 Å². The van der Waals surface area contributed by atoms with E-state index in [1.54, 1.807) is 17.0 Å². The van der Waals surface area contributed by atoms with Crippen LogP contribution in [-0.4, -0.2) is 53.8 Å². The predicted octanol–water partition coefficient (Wildman–Crippen LogP) is 1.79. The van der Waals surface area contributed by atoms with Crippen molar-refractivity contribution in [3.05, 3.63) is 34.6 Å². The number of likely N-dealkylation sites (tertiary alicyclic amines) is 1. The average molecular weight is 354 g/mol. The van der Waals surface area contributed by atoms with Crippen LogP contribution in [0.5, 0.6) is 0 Å². The van der Waals surface area contributed by atoms with Crippen LogP contribution in [0, 0.1) is 5.82 Å². The molecular formula is C17H21ClFN3O2. The molecule has 0 radical (unpaired) electrons. The summed E-state index contributed by atoms with van der Waals surface area (Å²) >= 11 is 6.10. The van der Waals surface area contributed by atoms with Crippen LogP contribution in [0.4, 0.5) is 4.39 Å². The van der Waals surface area contributed by atoms with Gasteiger partial charge in [-0.3, -0.25) is 14.5 Å². The third kappa shape index (κ3) is 3.70. The Balaban J connectivity index is 1.74. The van der Waals surface area contributed by atoms with Gasteiger partial charge in [-0.2, -0.15) is 0 Å². The molecular weight excluding hydrogens is 333 g/mol. The highest BCUT2D eigenvalue weighted by atomic mass is 35.5. The highest BCUT2D eigenvalue weighted by molar-refractivity contribution is 6.31. The number of hydrogen-bond acceptors (Lipinski definition) is 3. The molecule has 3 rings (SSSR count). The minimum Gasteiger partial charge on any atom is -0.353 e. The van der Waals surface area contributed by atoms with Crippen molar-refractivity contribution in [2.24, 2.45) is 0 Å². The fourth-order valence-corrected chi connectivity index (χ4v) is 3.54. The van der Waals surface area contributed by atoms with Gasteiger partial charge in [-0.1, -0.05) is 17.7 Å². The normalized spacial score (nSPS) is 21.8. The lowest BCUT2D eigenvalue weighted by molar-refractivity contribution is -0.138.